The van der Waals surface area contributed by atoms with Gasteiger partial charge in [-0.1, -0.05) is 6.92 Å². The zero-order valence-electron chi connectivity index (χ0n) is 9.82. The van der Waals surface area contributed by atoms with E-state index >= 15 is 0 Å². The van der Waals surface area contributed by atoms with E-state index in [0.717, 1.165) is 11.3 Å². The Kier molecular flexibility index (Phi) is 4.35. The van der Waals surface area contributed by atoms with Crippen LogP contribution in [0.5, 0.6) is 0 Å². The number of rotatable bonds is 2. The quantitative estimate of drug-likeness (QED) is 0.784. The van der Waals surface area contributed by atoms with Crippen LogP contribution >= 0.6 is 11.8 Å². The Morgan fingerprint density at radius 2 is 2.00 bits per heavy atom. The molecule has 88 valence electrons. The topological polar surface area (TPSA) is 29.3 Å². The van der Waals surface area contributed by atoms with Gasteiger partial charge in [0.2, 0.25) is 0 Å². The number of nitrogens with zero attached hydrogens (tertiary/aromatic N) is 1. The lowest BCUT2D eigenvalue weighted by Gasteiger charge is -2.40. The van der Waals surface area contributed by atoms with E-state index in [1.165, 1.54) is 50.9 Å². The van der Waals surface area contributed by atoms with E-state index in [1.54, 1.807) is 0 Å². The molecule has 0 aromatic heterocycles. The Balaban J connectivity index is 1.82. The lowest BCUT2D eigenvalue weighted by Crippen LogP contribution is -2.47. The van der Waals surface area contributed by atoms with Crippen molar-refractivity contribution in [2.24, 2.45) is 5.73 Å². The summed E-state index contributed by atoms with van der Waals surface area (Å²) in [7, 11) is 0. The van der Waals surface area contributed by atoms with Crippen LogP contribution in [0.25, 0.3) is 0 Å². The molecule has 1 unspecified atom stereocenters. The molecule has 0 aromatic carbocycles. The van der Waals surface area contributed by atoms with Crippen molar-refractivity contribution in [1.29, 1.82) is 0 Å². The molecule has 15 heavy (non-hydrogen) atoms. The van der Waals surface area contributed by atoms with Crippen LogP contribution in [-0.4, -0.2) is 41.1 Å². The Morgan fingerprint density at radius 3 is 2.67 bits per heavy atom. The third kappa shape index (κ3) is 3.11. The molecule has 2 fully saturated rings. The van der Waals surface area contributed by atoms with Gasteiger partial charge in [0, 0.05) is 36.2 Å². The molecule has 1 aliphatic heterocycles. The van der Waals surface area contributed by atoms with Gasteiger partial charge in [0.25, 0.3) is 0 Å². The zero-order valence-corrected chi connectivity index (χ0v) is 10.6. The number of hydrogen-bond acceptors (Lipinski definition) is 3. The van der Waals surface area contributed by atoms with Gasteiger partial charge in [-0.3, -0.25) is 4.90 Å². The van der Waals surface area contributed by atoms with Crippen LogP contribution in [0.3, 0.4) is 0 Å². The molecule has 2 rings (SSSR count). The van der Waals surface area contributed by atoms with Crippen molar-refractivity contribution in [1.82, 2.24) is 4.90 Å². The lowest BCUT2D eigenvalue weighted by atomic mass is 9.90. The summed E-state index contributed by atoms with van der Waals surface area (Å²) in [5, 5.41) is 0.884. The smallest absolute Gasteiger partial charge is 0.0172 e. The summed E-state index contributed by atoms with van der Waals surface area (Å²) in [6.07, 6.45) is 6.48. The molecule has 1 saturated heterocycles. The van der Waals surface area contributed by atoms with Crippen molar-refractivity contribution in [2.45, 2.75) is 56.4 Å². The van der Waals surface area contributed by atoms with E-state index in [0.29, 0.717) is 6.04 Å². The van der Waals surface area contributed by atoms with E-state index in [1.807, 2.05) is 0 Å². The van der Waals surface area contributed by atoms with Crippen LogP contribution in [0.1, 0.15) is 39.0 Å². The normalized spacial score (nSPS) is 39.2. The van der Waals surface area contributed by atoms with Crippen molar-refractivity contribution < 1.29 is 0 Å². The molecule has 0 aromatic rings. The molecule has 0 radical (unpaired) electrons. The van der Waals surface area contributed by atoms with Gasteiger partial charge in [-0.15, -0.1) is 0 Å². The summed E-state index contributed by atoms with van der Waals surface area (Å²) in [6, 6.07) is 1.34. The monoisotopic (exact) mass is 228 g/mol. The van der Waals surface area contributed by atoms with Crippen molar-refractivity contribution >= 4 is 11.8 Å². The van der Waals surface area contributed by atoms with E-state index < -0.39 is 0 Å². The largest absolute Gasteiger partial charge is 0.328 e. The molecule has 0 amide bonds. The fraction of sp³-hybridized carbons (Fsp3) is 1.00. The standard InChI is InChI=1S/C12H24N2S/c1-2-12-9-14(7-8-15-12)11-5-3-10(13)4-6-11/h10-12H,2-9,13H2,1H3. The van der Waals surface area contributed by atoms with Crippen LogP contribution in [0.4, 0.5) is 0 Å². The maximum atomic E-state index is 5.96. The lowest BCUT2D eigenvalue weighted by molar-refractivity contribution is 0.154. The third-order valence-electron chi connectivity index (χ3n) is 3.88. The second-order valence-corrected chi connectivity index (χ2v) is 6.37. The Morgan fingerprint density at radius 1 is 1.27 bits per heavy atom. The Bertz CT molecular complexity index is 190. The van der Waals surface area contributed by atoms with E-state index in [4.69, 9.17) is 5.73 Å². The molecule has 1 heterocycles. The average Bonchev–Trinajstić information content (AvgIpc) is 2.30. The predicted molar refractivity (Wildman–Crippen MR) is 68.3 cm³/mol. The van der Waals surface area contributed by atoms with E-state index in [-0.39, 0.29) is 0 Å². The van der Waals surface area contributed by atoms with Gasteiger partial charge in [-0.25, -0.2) is 0 Å². The molecule has 0 bridgehead atoms. The highest BCUT2D eigenvalue weighted by molar-refractivity contribution is 8.00. The Labute approximate surface area is 98.0 Å². The maximum Gasteiger partial charge on any atom is 0.0172 e. The Hall–Kier alpha value is 0.270. The van der Waals surface area contributed by atoms with Crippen LogP contribution in [-0.2, 0) is 0 Å². The highest BCUT2D eigenvalue weighted by Crippen LogP contribution is 2.28. The first-order chi connectivity index (χ1) is 7.29. The van der Waals surface area contributed by atoms with Gasteiger partial charge in [-0.2, -0.15) is 11.8 Å². The maximum absolute atomic E-state index is 5.96. The summed E-state index contributed by atoms with van der Waals surface area (Å²) >= 11 is 2.17. The SMILES string of the molecule is CCC1CN(C2CCC(N)CC2)CCS1. The fourth-order valence-corrected chi connectivity index (χ4v) is 3.99. The van der Waals surface area contributed by atoms with Gasteiger partial charge in [0.1, 0.15) is 0 Å². The summed E-state index contributed by atoms with van der Waals surface area (Å²) in [4.78, 5) is 2.73. The minimum Gasteiger partial charge on any atom is -0.328 e. The molecule has 2 N–H and O–H groups in total. The summed E-state index contributed by atoms with van der Waals surface area (Å²) in [5.41, 5.74) is 5.96. The van der Waals surface area contributed by atoms with Crippen LogP contribution in [0.15, 0.2) is 0 Å². The minimum atomic E-state index is 0.488. The second-order valence-electron chi connectivity index (χ2n) is 4.96. The average molecular weight is 228 g/mol. The molecule has 3 heteroatoms. The first kappa shape index (κ1) is 11.7. The molecule has 1 atom stereocenters. The highest BCUT2D eigenvalue weighted by Gasteiger charge is 2.28. The summed E-state index contributed by atoms with van der Waals surface area (Å²) in [5.74, 6) is 1.33. The molecule has 1 aliphatic carbocycles. The van der Waals surface area contributed by atoms with Gasteiger partial charge < -0.3 is 5.73 Å². The van der Waals surface area contributed by atoms with E-state index in [2.05, 4.69) is 23.6 Å². The molecule has 2 aliphatic rings. The fourth-order valence-electron chi connectivity index (χ4n) is 2.79. The van der Waals surface area contributed by atoms with Crippen LogP contribution in [0, 0.1) is 0 Å². The molecular formula is C12H24N2S. The summed E-state index contributed by atoms with van der Waals surface area (Å²) < 4.78 is 0. The molecule has 0 spiro atoms. The zero-order chi connectivity index (χ0) is 10.7. The summed E-state index contributed by atoms with van der Waals surface area (Å²) in [6.45, 7) is 4.94. The minimum absolute atomic E-state index is 0.488. The van der Waals surface area contributed by atoms with Gasteiger partial charge >= 0.3 is 0 Å². The predicted octanol–water partition coefficient (Wildman–Crippen LogP) is 2.08. The number of thioether (sulfide) groups is 1. The van der Waals surface area contributed by atoms with E-state index in [9.17, 15) is 0 Å². The van der Waals surface area contributed by atoms with Crippen molar-refractivity contribution in [2.75, 3.05) is 18.8 Å². The molecule has 2 nitrogen and oxygen atoms in total. The second kappa shape index (κ2) is 5.55. The first-order valence-corrected chi connectivity index (χ1v) is 7.45. The van der Waals surface area contributed by atoms with Gasteiger partial charge in [-0.05, 0) is 32.1 Å². The third-order valence-corrected chi connectivity index (χ3v) is 5.26. The number of nitrogens with two attached hydrogens (primary N) is 1. The van der Waals surface area contributed by atoms with Crippen molar-refractivity contribution in [3.8, 4) is 0 Å². The van der Waals surface area contributed by atoms with Crippen molar-refractivity contribution in [3.63, 3.8) is 0 Å². The molecular weight excluding hydrogens is 204 g/mol. The molecule has 1 saturated carbocycles. The van der Waals surface area contributed by atoms with Crippen molar-refractivity contribution in [3.05, 3.63) is 0 Å². The first-order valence-electron chi connectivity index (χ1n) is 6.40. The van der Waals surface area contributed by atoms with Crippen LogP contribution in [0.2, 0.25) is 0 Å². The van der Waals surface area contributed by atoms with Gasteiger partial charge in [0.15, 0.2) is 0 Å². The van der Waals surface area contributed by atoms with Crippen LogP contribution < -0.4 is 5.73 Å². The van der Waals surface area contributed by atoms with Gasteiger partial charge in [0.05, 0.1) is 0 Å². The highest BCUT2D eigenvalue weighted by atomic mass is 32.2. The number of hydrogen-bond donors (Lipinski definition) is 1.